The summed E-state index contributed by atoms with van der Waals surface area (Å²) in [5.74, 6) is -1.13. The van der Waals surface area contributed by atoms with Gasteiger partial charge in [-0.3, -0.25) is 14.4 Å². The van der Waals surface area contributed by atoms with Crippen LogP contribution in [0.4, 0.5) is 4.39 Å². The van der Waals surface area contributed by atoms with Crippen LogP contribution >= 0.6 is 0 Å². The van der Waals surface area contributed by atoms with Crippen molar-refractivity contribution in [1.82, 2.24) is 20.0 Å². The minimum atomic E-state index is -0.607. The SMILES string of the molecule is Cc1c(Cc2ccc(F)c(C(=O)N3CCN(C4CCCCCC4)C(=O)C3)c2)n[nH]c(=O)c1C. The van der Waals surface area contributed by atoms with Gasteiger partial charge in [0.1, 0.15) is 12.4 Å². The summed E-state index contributed by atoms with van der Waals surface area (Å²) in [5.41, 5.74) is 2.47. The van der Waals surface area contributed by atoms with Crippen LogP contribution in [0.5, 0.6) is 0 Å². The van der Waals surface area contributed by atoms with E-state index in [9.17, 15) is 18.8 Å². The second kappa shape index (κ2) is 9.85. The van der Waals surface area contributed by atoms with E-state index < -0.39 is 11.7 Å². The first-order chi connectivity index (χ1) is 15.8. The molecule has 0 spiro atoms. The number of aromatic amines is 1. The van der Waals surface area contributed by atoms with Crippen molar-refractivity contribution in [2.24, 2.45) is 0 Å². The van der Waals surface area contributed by atoms with E-state index in [1.165, 1.54) is 29.9 Å². The minimum absolute atomic E-state index is 0.0151. The molecule has 7 nitrogen and oxygen atoms in total. The number of piperazine rings is 1. The Morgan fingerprint density at radius 1 is 1.09 bits per heavy atom. The van der Waals surface area contributed by atoms with E-state index in [4.69, 9.17) is 0 Å². The molecule has 1 aliphatic carbocycles. The molecule has 8 heteroatoms. The van der Waals surface area contributed by atoms with Crippen LogP contribution in [-0.2, 0) is 11.2 Å². The van der Waals surface area contributed by atoms with Crippen LogP contribution in [-0.4, -0.2) is 57.5 Å². The highest BCUT2D eigenvalue weighted by Gasteiger charge is 2.33. The van der Waals surface area contributed by atoms with E-state index in [-0.39, 0.29) is 29.6 Å². The molecule has 1 saturated heterocycles. The second-order valence-corrected chi connectivity index (χ2v) is 9.20. The van der Waals surface area contributed by atoms with Crippen LogP contribution in [0.2, 0.25) is 0 Å². The lowest BCUT2D eigenvalue weighted by atomic mass is 10.0. The molecule has 2 aromatic rings. The van der Waals surface area contributed by atoms with Gasteiger partial charge in [0.2, 0.25) is 5.91 Å². The number of H-pyrrole nitrogens is 1. The van der Waals surface area contributed by atoms with E-state index >= 15 is 0 Å². The first-order valence-corrected chi connectivity index (χ1v) is 11.8. The van der Waals surface area contributed by atoms with E-state index in [1.807, 2.05) is 11.8 Å². The Bertz CT molecular complexity index is 1110. The number of halogens is 1. The summed E-state index contributed by atoms with van der Waals surface area (Å²) in [6, 6.07) is 4.68. The molecule has 0 unspecified atom stereocenters. The zero-order valence-electron chi connectivity index (χ0n) is 19.3. The molecule has 2 aliphatic rings. The van der Waals surface area contributed by atoms with Gasteiger partial charge in [0.05, 0.1) is 11.3 Å². The van der Waals surface area contributed by atoms with Crippen LogP contribution < -0.4 is 5.56 Å². The maximum absolute atomic E-state index is 14.6. The van der Waals surface area contributed by atoms with Crippen molar-refractivity contribution >= 4 is 11.8 Å². The predicted octanol–water partition coefficient (Wildman–Crippen LogP) is 3.12. The lowest BCUT2D eigenvalue weighted by Crippen LogP contribution is -2.55. The van der Waals surface area contributed by atoms with Crippen LogP contribution in [0, 0.1) is 19.7 Å². The van der Waals surface area contributed by atoms with Crippen molar-refractivity contribution < 1.29 is 14.0 Å². The highest BCUT2D eigenvalue weighted by molar-refractivity contribution is 5.97. The normalized spacial score (nSPS) is 17.8. The van der Waals surface area contributed by atoms with Gasteiger partial charge in [-0.15, -0.1) is 0 Å². The van der Waals surface area contributed by atoms with Crippen LogP contribution in [0.1, 0.15) is 71.3 Å². The Kier molecular flexibility index (Phi) is 6.91. The van der Waals surface area contributed by atoms with Gasteiger partial charge in [-0.2, -0.15) is 5.10 Å². The lowest BCUT2D eigenvalue weighted by molar-refractivity contribution is -0.137. The van der Waals surface area contributed by atoms with Gasteiger partial charge < -0.3 is 9.80 Å². The third kappa shape index (κ3) is 4.99. The maximum atomic E-state index is 14.6. The monoisotopic (exact) mass is 454 g/mol. The number of nitrogens with zero attached hydrogens (tertiary/aromatic N) is 3. The highest BCUT2D eigenvalue weighted by atomic mass is 19.1. The Balaban J connectivity index is 1.48. The molecule has 33 heavy (non-hydrogen) atoms. The van der Waals surface area contributed by atoms with Gasteiger partial charge in [0.15, 0.2) is 0 Å². The predicted molar refractivity (Wildman–Crippen MR) is 123 cm³/mol. The quantitative estimate of drug-likeness (QED) is 0.720. The molecule has 1 aromatic heterocycles. The van der Waals surface area contributed by atoms with Crippen molar-refractivity contribution in [3.63, 3.8) is 0 Å². The molecule has 2 fully saturated rings. The van der Waals surface area contributed by atoms with Crippen molar-refractivity contribution in [3.05, 3.63) is 62.3 Å². The van der Waals surface area contributed by atoms with Crippen molar-refractivity contribution in [2.75, 3.05) is 19.6 Å². The van der Waals surface area contributed by atoms with Gasteiger partial charge in [-0.25, -0.2) is 9.49 Å². The largest absolute Gasteiger partial charge is 0.336 e. The highest BCUT2D eigenvalue weighted by Crippen LogP contribution is 2.24. The number of carbonyl (C=O) groups is 2. The van der Waals surface area contributed by atoms with Gasteiger partial charge in [0.25, 0.3) is 11.5 Å². The first-order valence-electron chi connectivity index (χ1n) is 11.8. The average molecular weight is 455 g/mol. The van der Waals surface area contributed by atoms with Gasteiger partial charge >= 0.3 is 0 Å². The molecule has 1 saturated carbocycles. The average Bonchev–Trinajstić information content (AvgIpc) is 3.09. The van der Waals surface area contributed by atoms with E-state index in [0.717, 1.165) is 31.2 Å². The Hall–Kier alpha value is -3.03. The number of hydrogen-bond donors (Lipinski definition) is 1. The van der Waals surface area contributed by atoms with E-state index in [0.29, 0.717) is 36.3 Å². The van der Waals surface area contributed by atoms with E-state index in [1.54, 1.807) is 13.0 Å². The summed E-state index contributed by atoms with van der Waals surface area (Å²) in [4.78, 5) is 41.1. The Labute approximate surface area is 193 Å². The fourth-order valence-corrected chi connectivity index (χ4v) is 4.87. The smallest absolute Gasteiger partial charge is 0.267 e. The fourth-order valence-electron chi connectivity index (χ4n) is 4.87. The summed E-state index contributed by atoms with van der Waals surface area (Å²) in [7, 11) is 0. The molecular formula is C25H31FN4O3. The molecule has 1 aliphatic heterocycles. The molecule has 0 radical (unpaired) electrons. The van der Waals surface area contributed by atoms with Gasteiger partial charge in [0, 0.05) is 31.1 Å². The molecule has 1 aromatic carbocycles. The molecule has 4 rings (SSSR count). The number of nitrogens with one attached hydrogen (secondary N) is 1. The number of rotatable bonds is 4. The fraction of sp³-hybridized carbons (Fsp3) is 0.520. The number of benzene rings is 1. The minimum Gasteiger partial charge on any atom is -0.336 e. The number of hydrogen-bond acceptors (Lipinski definition) is 4. The summed E-state index contributed by atoms with van der Waals surface area (Å²) in [6.07, 6.45) is 7.11. The zero-order valence-corrected chi connectivity index (χ0v) is 19.3. The molecule has 0 atom stereocenters. The third-order valence-electron chi connectivity index (χ3n) is 7.07. The Morgan fingerprint density at radius 3 is 2.52 bits per heavy atom. The van der Waals surface area contributed by atoms with Crippen LogP contribution in [0.25, 0.3) is 0 Å². The maximum Gasteiger partial charge on any atom is 0.267 e. The standard InChI is InChI=1S/C25H31FN4O3/c1-16-17(2)24(32)28-27-22(16)14-18-9-10-21(26)20(13-18)25(33)29-11-12-30(23(31)15-29)19-7-5-3-4-6-8-19/h9-10,13,19H,3-8,11-12,14-15H2,1-2H3,(H,28,32). The topological polar surface area (TPSA) is 86.4 Å². The Morgan fingerprint density at radius 2 is 1.82 bits per heavy atom. The molecule has 176 valence electrons. The van der Waals surface area contributed by atoms with Crippen LogP contribution in [0.3, 0.4) is 0 Å². The number of amides is 2. The lowest BCUT2D eigenvalue weighted by Gasteiger charge is -2.39. The third-order valence-corrected chi connectivity index (χ3v) is 7.07. The number of carbonyl (C=O) groups excluding carboxylic acids is 2. The van der Waals surface area contributed by atoms with Crippen molar-refractivity contribution in [3.8, 4) is 0 Å². The number of aromatic nitrogens is 2. The molecule has 0 bridgehead atoms. The van der Waals surface area contributed by atoms with Gasteiger partial charge in [-0.1, -0.05) is 31.7 Å². The van der Waals surface area contributed by atoms with E-state index in [2.05, 4.69) is 10.2 Å². The molecule has 1 N–H and O–H groups in total. The molecule has 2 amide bonds. The van der Waals surface area contributed by atoms with Crippen molar-refractivity contribution in [2.45, 2.75) is 64.8 Å². The first kappa shape index (κ1) is 23.1. The summed E-state index contributed by atoms with van der Waals surface area (Å²) >= 11 is 0. The summed E-state index contributed by atoms with van der Waals surface area (Å²) in [6.45, 7) is 4.44. The van der Waals surface area contributed by atoms with Gasteiger partial charge in [-0.05, 0) is 49.9 Å². The van der Waals surface area contributed by atoms with Crippen LogP contribution in [0.15, 0.2) is 23.0 Å². The summed E-state index contributed by atoms with van der Waals surface area (Å²) in [5, 5.41) is 6.59. The second-order valence-electron chi connectivity index (χ2n) is 9.20. The molecule has 2 heterocycles. The van der Waals surface area contributed by atoms with Crippen molar-refractivity contribution in [1.29, 1.82) is 0 Å². The molecular weight excluding hydrogens is 423 g/mol. The summed E-state index contributed by atoms with van der Waals surface area (Å²) < 4.78 is 14.6. The zero-order chi connectivity index (χ0) is 23.5.